The Morgan fingerprint density at radius 3 is 1.43 bits per heavy atom. The summed E-state index contributed by atoms with van der Waals surface area (Å²) >= 11 is 0. The van der Waals surface area contributed by atoms with Crippen LogP contribution in [-0.2, 0) is 80.0 Å². The first kappa shape index (κ1) is 79.2. The molecule has 0 saturated carbocycles. The van der Waals surface area contributed by atoms with Crippen LogP contribution in [-0.4, -0.2) is 212 Å². The zero-order chi connectivity index (χ0) is 71.2. The van der Waals surface area contributed by atoms with E-state index in [0.29, 0.717) is 11.1 Å². The molecule has 1 aliphatic rings. The van der Waals surface area contributed by atoms with E-state index in [4.69, 9.17) is 28.7 Å². The summed E-state index contributed by atoms with van der Waals surface area (Å²) in [6, 6.07) is -4.28. The highest BCUT2D eigenvalue weighted by Gasteiger charge is 2.41. The lowest BCUT2D eigenvalue weighted by molar-refractivity contribution is -0.143. The average molecular weight is 1340 g/mol. The molecule has 1 aliphatic heterocycles. The van der Waals surface area contributed by atoms with Crippen LogP contribution in [0.5, 0.6) is 5.75 Å². The minimum Gasteiger partial charge on any atom is -0.508 e. The van der Waals surface area contributed by atoms with E-state index in [2.05, 4.69) is 52.8 Å². The minimum absolute atomic E-state index is 0.00496. The molecule has 12 amide bonds. The van der Waals surface area contributed by atoms with Gasteiger partial charge in [-0.2, -0.15) is 0 Å². The highest BCUT2D eigenvalue weighted by Crippen LogP contribution is 2.20. The Bertz CT molecular complexity index is 3040. The van der Waals surface area contributed by atoms with Crippen LogP contribution in [0.4, 0.5) is 0 Å². The highest BCUT2D eigenvalue weighted by molar-refractivity contribution is 6.00. The van der Waals surface area contributed by atoms with Gasteiger partial charge in [-0.15, -0.1) is 0 Å². The molecule has 0 aromatic heterocycles. The predicted octanol–water partition coefficient (Wildman–Crippen LogP) is -6.31. The zero-order valence-electron chi connectivity index (χ0n) is 53.2. The molecule has 0 bridgehead atoms. The molecule has 95 heavy (non-hydrogen) atoms. The normalized spacial score (nSPS) is 15.8. The van der Waals surface area contributed by atoms with Crippen LogP contribution >= 0.6 is 0 Å². The maximum absolute atomic E-state index is 14.3. The van der Waals surface area contributed by atoms with Crippen LogP contribution in [0.15, 0.2) is 59.6 Å². The number of carbonyl (C=O) groups excluding carboxylic acids is 12. The molecule has 24 N–H and O–H groups in total. The third kappa shape index (κ3) is 28.0. The second-order valence-electron chi connectivity index (χ2n) is 23.6. The molecule has 2 aromatic rings. The van der Waals surface area contributed by atoms with Gasteiger partial charge in [0.15, 0.2) is 5.96 Å². The van der Waals surface area contributed by atoms with E-state index in [1.807, 2.05) is 13.8 Å². The van der Waals surface area contributed by atoms with E-state index in [-0.39, 0.29) is 88.0 Å². The van der Waals surface area contributed by atoms with Gasteiger partial charge in [0.2, 0.25) is 70.9 Å². The molecule has 524 valence electrons. The summed E-state index contributed by atoms with van der Waals surface area (Å²) in [5.41, 5.74) is 28.8. The van der Waals surface area contributed by atoms with Gasteiger partial charge >= 0.3 is 11.9 Å². The molecular weight excluding hydrogens is 1250 g/mol. The van der Waals surface area contributed by atoms with E-state index in [9.17, 15) is 92.7 Å². The van der Waals surface area contributed by atoms with Crippen LogP contribution in [0.2, 0.25) is 0 Å². The first-order chi connectivity index (χ1) is 44.7. The van der Waals surface area contributed by atoms with Gasteiger partial charge in [0.1, 0.15) is 66.2 Å². The number of nitrogens with one attached hydrogen (secondary N) is 9. The van der Waals surface area contributed by atoms with Crippen LogP contribution in [0.25, 0.3) is 0 Å². The third-order valence-corrected chi connectivity index (χ3v) is 14.7. The van der Waals surface area contributed by atoms with Gasteiger partial charge in [0, 0.05) is 32.4 Å². The number of aromatic hydroxyl groups is 1. The van der Waals surface area contributed by atoms with Gasteiger partial charge in [-0.3, -0.25) is 67.3 Å². The first-order valence-electron chi connectivity index (χ1n) is 30.6. The molecular formula is C60H90N16O19. The molecule has 35 heteroatoms. The van der Waals surface area contributed by atoms with Crippen LogP contribution in [0, 0.1) is 11.8 Å². The van der Waals surface area contributed by atoms with Crippen molar-refractivity contribution in [1.29, 1.82) is 0 Å². The van der Waals surface area contributed by atoms with Crippen molar-refractivity contribution in [3.63, 3.8) is 0 Å². The molecule has 0 radical (unpaired) electrons. The number of aliphatic carboxylic acids is 2. The Balaban J connectivity index is 1.87. The second kappa shape index (κ2) is 39.5. The van der Waals surface area contributed by atoms with Gasteiger partial charge in [0.05, 0.1) is 32.1 Å². The molecule has 11 atom stereocenters. The van der Waals surface area contributed by atoms with Crippen LogP contribution in [0.1, 0.15) is 103 Å². The number of benzene rings is 2. The predicted molar refractivity (Wildman–Crippen MR) is 337 cm³/mol. The lowest BCUT2D eigenvalue weighted by Crippen LogP contribution is -2.61. The molecule has 0 aliphatic carbocycles. The SMILES string of the molecule is CC(C)C[C@H](NC(=O)[C@H](CC(N)=O)NC(=O)[C@H](CCC(=O)O)NC(=O)[C@H](Cc1ccccc1)NC(=O)[C@H](CC(N)=O)NC(=O)[C@H](CO)NC(=O)[C@@H]1CCCN1C(=O)[C@H](CO)NC(=O)[C@H](CCCN=C(N)N)NC(=O)[C@H](Cc1ccc(O)cc1)NC(=O)[C@@H](N)CC(C)C)C(=O)O. The van der Waals surface area contributed by atoms with E-state index < -0.39 is 188 Å². The van der Waals surface area contributed by atoms with Crippen molar-refractivity contribution in [2.75, 3.05) is 26.3 Å². The van der Waals surface area contributed by atoms with Crippen LogP contribution in [0.3, 0.4) is 0 Å². The van der Waals surface area contributed by atoms with Gasteiger partial charge < -0.3 is 107 Å². The molecule has 1 saturated heterocycles. The molecule has 0 spiro atoms. The minimum atomic E-state index is -1.97. The Kier molecular flexibility index (Phi) is 32.9. The largest absolute Gasteiger partial charge is 0.508 e. The summed E-state index contributed by atoms with van der Waals surface area (Å²) in [6.07, 6.45) is -3.60. The standard InChI is InChI=1S/C60H90N16O19/c1-30(2)22-35(61)49(84)69-38(25-33-14-16-34(79)17-15-33)52(87)67-36(12-8-20-66-60(64)65)50(85)75-44(29-78)58(93)76-21-9-13-45(76)57(92)74-43(28-77)56(91)72-40(26-46(62)80)54(89)70-39(24-32-10-6-5-7-11-32)53(88)68-37(18-19-48(82)83)51(86)71-41(27-47(63)81)55(90)73-42(59(94)95)23-31(3)4/h5-7,10-11,14-17,30-31,35-45,77-79H,8-9,12-13,18-29,61H2,1-4H3,(H2,62,80)(H2,63,81)(H,67,87)(H,68,88)(H,69,84)(H,70,89)(H,71,86)(H,72,91)(H,73,90)(H,74,92)(H,75,85)(H,82,83)(H,94,95)(H4,64,65,66)/t35-,36-,37-,38-,39-,40-,41-,42-,43-,44-,45-/m0/s1. The second-order valence-corrected chi connectivity index (χ2v) is 23.6. The number of carbonyl (C=O) groups is 14. The highest BCUT2D eigenvalue weighted by atomic mass is 16.4. The maximum atomic E-state index is 14.3. The molecule has 0 unspecified atom stereocenters. The molecule has 2 aromatic carbocycles. The van der Waals surface area contributed by atoms with E-state index >= 15 is 0 Å². The number of phenols is 1. The summed E-state index contributed by atoms with van der Waals surface area (Å²) < 4.78 is 0. The van der Waals surface area contributed by atoms with Gasteiger partial charge in [-0.1, -0.05) is 70.2 Å². The quantitative estimate of drug-likeness (QED) is 0.0167. The Labute approximate surface area is 547 Å². The van der Waals surface area contributed by atoms with E-state index in [0.717, 1.165) is 4.90 Å². The topological polar surface area (TPSA) is 594 Å². The number of hydrogen-bond donors (Lipinski definition) is 19. The molecule has 35 nitrogen and oxygen atoms in total. The van der Waals surface area contributed by atoms with E-state index in [1.54, 1.807) is 32.0 Å². The first-order valence-corrected chi connectivity index (χ1v) is 30.6. The number of amides is 12. The number of aliphatic hydroxyl groups excluding tert-OH is 2. The fourth-order valence-electron chi connectivity index (χ4n) is 9.91. The molecule has 1 heterocycles. The fraction of sp³-hybridized carbons (Fsp3) is 0.550. The molecule has 3 rings (SSSR count). The number of phenolic OH excluding ortho intramolecular Hbond substituents is 1. The number of primary amides is 2. The average Bonchev–Trinajstić information content (AvgIpc) is 1.78. The van der Waals surface area contributed by atoms with Crippen LogP contribution < -0.4 is 76.5 Å². The Hall–Kier alpha value is -10.0. The van der Waals surface area contributed by atoms with Crippen molar-refractivity contribution in [1.82, 2.24) is 52.8 Å². The summed E-state index contributed by atoms with van der Waals surface area (Å²) in [5.74, 6) is -16.6. The van der Waals surface area contributed by atoms with Crippen molar-refractivity contribution < 1.29 is 92.7 Å². The number of guanidine groups is 1. The van der Waals surface area contributed by atoms with Gasteiger partial charge in [-0.05, 0) is 80.0 Å². The van der Waals surface area contributed by atoms with Crippen molar-refractivity contribution in [3.8, 4) is 5.75 Å². The number of nitrogens with two attached hydrogens (primary N) is 5. The summed E-state index contributed by atoms with van der Waals surface area (Å²) in [7, 11) is 0. The number of hydrogen-bond acceptors (Lipinski definition) is 19. The fourth-order valence-corrected chi connectivity index (χ4v) is 9.91. The van der Waals surface area contributed by atoms with Crippen molar-refractivity contribution >= 4 is 88.8 Å². The van der Waals surface area contributed by atoms with Crippen molar-refractivity contribution in [2.45, 2.75) is 171 Å². The monoisotopic (exact) mass is 1340 g/mol. The summed E-state index contributed by atoms with van der Waals surface area (Å²) in [6.45, 7) is 4.65. The Morgan fingerprint density at radius 1 is 0.526 bits per heavy atom. The molecule has 1 fully saturated rings. The number of carboxylic acids is 2. The number of likely N-dealkylation sites (tertiary alicyclic amines) is 1. The van der Waals surface area contributed by atoms with E-state index in [1.165, 1.54) is 36.4 Å². The number of rotatable bonds is 41. The van der Waals surface area contributed by atoms with Crippen molar-refractivity contribution in [2.24, 2.45) is 45.5 Å². The smallest absolute Gasteiger partial charge is 0.326 e. The van der Waals surface area contributed by atoms with Crippen molar-refractivity contribution in [3.05, 3.63) is 65.7 Å². The summed E-state index contributed by atoms with van der Waals surface area (Å²) in [5, 5.41) is 71.4. The number of aliphatic imine (C=N–C) groups is 1. The Morgan fingerprint density at radius 2 is 0.958 bits per heavy atom. The maximum Gasteiger partial charge on any atom is 0.326 e. The number of nitrogens with zero attached hydrogens (tertiary/aromatic N) is 2. The lowest BCUT2D eigenvalue weighted by atomic mass is 10.0. The summed E-state index contributed by atoms with van der Waals surface area (Å²) in [4.78, 5) is 192. The number of carboxylic acid groups (broad SMARTS) is 2. The zero-order valence-corrected chi connectivity index (χ0v) is 53.2. The third-order valence-electron chi connectivity index (χ3n) is 14.7. The number of aliphatic hydroxyl groups is 2. The van der Waals surface area contributed by atoms with Gasteiger partial charge in [-0.25, -0.2) is 4.79 Å². The van der Waals surface area contributed by atoms with Gasteiger partial charge in [0.25, 0.3) is 0 Å². The lowest BCUT2D eigenvalue weighted by Gasteiger charge is -2.30.